The molecule has 1 N–H and O–H groups in total. The molecule has 21 heavy (non-hydrogen) atoms. The molecule has 0 saturated heterocycles. The lowest BCUT2D eigenvalue weighted by Gasteiger charge is -2.16. The predicted molar refractivity (Wildman–Crippen MR) is 87.4 cm³/mol. The largest absolute Gasteiger partial charge is 0.304 e. The summed E-state index contributed by atoms with van der Waals surface area (Å²) in [6, 6.07) is 15.1. The molecule has 0 radical (unpaired) electrons. The van der Waals surface area contributed by atoms with Crippen molar-refractivity contribution in [2.24, 2.45) is 7.05 Å². The van der Waals surface area contributed by atoms with Crippen LogP contribution in [0.1, 0.15) is 24.2 Å². The van der Waals surface area contributed by atoms with E-state index >= 15 is 0 Å². The Labute approximate surface area is 129 Å². The van der Waals surface area contributed by atoms with E-state index in [1.54, 1.807) is 4.68 Å². The monoisotopic (exact) mass is 299 g/mol. The molecular formula is C17H18ClN3. The maximum Gasteiger partial charge on any atom is 0.0948 e. The van der Waals surface area contributed by atoms with Gasteiger partial charge in [-0.3, -0.25) is 4.68 Å². The van der Waals surface area contributed by atoms with Crippen LogP contribution in [-0.2, 0) is 13.6 Å². The minimum atomic E-state index is 0.231. The number of halogens is 1. The first-order valence-corrected chi connectivity index (χ1v) is 7.42. The third kappa shape index (κ3) is 2.94. The van der Waals surface area contributed by atoms with Crippen molar-refractivity contribution in [3.05, 3.63) is 64.9 Å². The normalized spacial score (nSPS) is 12.7. The molecular weight excluding hydrogens is 282 g/mol. The van der Waals surface area contributed by atoms with Gasteiger partial charge in [0.25, 0.3) is 0 Å². The van der Waals surface area contributed by atoms with Crippen LogP contribution in [0.25, 0.3) is 10.8 Å². The molecule has 0 aliphatic heterocycles. The first kappa shape index (κ1) is 14.1. The van der Waals surface area contributed by atoms with Crippen LogP contribution in [0.4, 0.5) is 0 Å². The lowest BCUT2D eigenvalue weighted by atomic mass is 10.00. The summed E-state index contributed by atoms with van der Waals surface area (Å²) < 4.78 is 1.74. The highest BCUT2D eigenvalue weighted by molar-refractivity contribution is 6.31. The molecule has 0 saturated carbocycles. The molecule has 4 heteroatoms. The Bertz CT molecular complexity index is 758. The molecule has 3 rings (SSSR count). The van der Waals surface area contributed by atoms with Crippen LogP contribution in [0, 0.1) is 0 Å². The summed E-state index contributed by atoms with van der Waals surface area (Å²) in [5.74, 6) is 0. The number of nitrogens with one attached hydrogen (secondary N) is 1. The number of aromatic nitrogens is 2. The lowest BCUT2D eigenvalue weighted by molar-refractivity contribution is 0.565. The summed E-state index contributed by atoms with van der Waals surface area (Å²) in [6.07, 6.45) is 1.82. The fraction of sp³-hybridized carbons (Fsp3) is 0.235. The first-order valence-electron chi connectivity index (χ1n) is 7.04. The molecule has 0 bridgehead atoms. The fourth-order valence-corrected chi connectivity index (χ4v) is 2.86. The molecule has 3 nitrogen and oxygen atoms in total. The van der Waals surface area contributed by atoms with Crippen molar-refractivity contribution < 1.29 is 0 Å². The van der Waals surface area contributed by atoms with Gasteiger partial charge in [-0.05, 0) is 23.3 Å². The average Bonchev–Trinajstić information content (AvgIpc) is 2.82. The fourth-order valence-electron chi connectivity index (χ4n) is 2.61. The molecule has 3 aromatic rings. The maximum absolute atomic E-state index is 6.15. The second-order valence-electron chi connectivity index (χ2n) is 5.27. The van der Waals surface area contributed by atoms with Gasteiger partial charge in [0.1, 0.15) is 0 Å². The van der Waals surface area contributed by atoms with E-state index in [9.17, 15) is 0 Å². The van der Waals surface area contributed by atoms with Gasteiger partial charge in [-0.25, -0.2) is 0 Å². The van der Waals surface area contributed by atoms with Crippen molar-refractivity contribution in [2.45, 2.75) is 19.5 Å². The molecule has 0 aliphatic rings. The van der Waals surface area contributed by atoms with Crippen molar-refractivity contribution in [1.29, 1.82) is 0 Å². The zero-order valence-corrected chi connectivity index (χ0v) is 12.9. The topological polar surface area (TPSA) is 29.9 Å². The van der Waals surface area contributed by atoms with E-state index in [1.165, 1.54) is 16.3 Å². The summed E-state index contributed by atoms with van der Waals surface area (Å²) in [7, 11) is 1.88. The lowest BCUT2D eigenvalue weighted by Crippen LogP contribution is -2.19. The Morgan fingerprint density at radius 1 is 1.19 bits per heavy atom. The number of hydrogen-bond acceptors (Lipinski definition) is 2. The molecule has 1 heterocycles. The van der Waals surface area contributed by atoms with Crippen molar-refractivity contribution in [3.63, 3.8) is 0 Å². The van der Waals surface area contributed by atoms with Crippen molar-refractivity contribution in [1.82, 2.24) is 15.1 Å². The maximum atomic E-state index is 6.15. The van der Waals surface area contributed by atoms with Gasteiger partial charge < -0.3 is 5.32 Å². The van der Waals surface area contributed by atoms with E-state index < -0.39 is 0 Å². The number of aryl methyl sites for hydroxylation is 1. The number of fused-ring (bicyclic) bond motifs is 1. The Kier molecular flexibility index (Phi) is 3.95. The summed E-state index contributed by atoms with van der Waals surface area (Å²) >= 11 is 6.15. The third-order valence-corrected chi connectivity index (χ3v) is 4.04. The van der Waals surface area contributed by atoms with Gasteiger partial charge in [0, 0.05) is 25.8 Å². The third-order valence-electron chi connectivity index (χ3n) is 3.72. The molecule has 0 amide bonds. The van der Waals surface area contributed by atoms with Crippen LogP contribution in [0.15, 0.2) is 48.7 Å². The first-order chi connectivity index (χ1) is 10.1. The SMILES string of the molecule is CC(NCc1nn(C)cc1Cl)c1cccc2ccccc12. The zero-order chi connectivity index (χ0) is 14.8. The Hall–Kier alpha value is -1.84. The smallest absolute Gasteiger partial charge is 0.0948 e. The number of hydrogen-bond donors (Lipinski definition) is 1. The van der Waals surface area contributed by atoms with Gasteiger partial charge in [-0.2, -0.15) is 5.10 Å². The molecule has 108 valence electrons. The van der Waals surface area contributed by atoms with Crippen LogP contribution >= 0.6 is 11.6 Å². The van der Waals surface area contributed by atoms with Gasteiger partial charge in [-0.15, -0.1) is 0 Å². The summed E-state index contributed by atoms with van der Waals surface area (Å²) in [5, 5.41) is 11.1. The van der Waals surface area contributed by atoms with Crippen LogP contribution in [0.2, 0.25) is 5.02 Å². The quantitative estimate of drug-likeness (QED) is 0.787. The highest BCUT2D eigenvalue weighted by Crippen LogP contribution is 2.24. The van der Waals surface area contributed by atoms with Crippen LogP contribution in [0.3, 0.4) is 0 Å². The van der Waals surface area contributed by atoms with Crippen molar-refractivity contribution >= 4 is 22.4 Å². The molecule has 0 aliphatic carbocycles. The van der Waals surface area contributed by atoms with E-state index in [0.29, 0.717) is 11.6 Å². The molecule has 1 aromatic heterocycles. The molecule has 2 aromatic carbocycles. The minimum absolute atomic E-state index is 0.231. The molecule has 1 atom stereocenters. The minimum Gasteiger partial charge on any atom is -0.304 e. The standard InChI is InChI=1S/C17H18ClN3/c1-12(19-10-17-16(18)11-21(2)20-17)14-9-5-7-13-6-3-4-8-15(13)14/h3-9,11-12,19H,10H2,1-2H3. The van der Waals surface area contributed by atoms with Gasteiger partial charge >= 0.3 is 0 Å². The van der Waals surface area contributed by atoms with Crippen LogP contribution in [-0.4, -0.2) is 9.78 Å². The van der Waals surface area contributed by atoms with E-state index in [4.69, 9.17) is 11.6 Å². The van der Waals surface area contributed by atoms with E-state index in [1.807, 2.05) is 13.2 Å². The molecule has 0 fully saturated rings. The van der Waals surface area contributed by atoms with E-state index in [0.717, 1.165) is 5.69 Å². The number of rotatable bonds is 4. The Morgan fingerprint density at radius 3 is 2.71 bits per heavy atom. The Balaban J connectivity index is 1.81. The highest BCUT2D eigenvalue weighted by Gasteiger charge is 2.11. The molecule has 1 unspecified atom stereocenters. The second-order valence-corrected chi connectivity index (χ2v) is 5.68. The van der Waals surface area contributed by atoms with Gasteiger partial charge in [0.15, 0.2) is 0 Å². The van der Waals surface area contributed by atoms with Gasteiger partial charge in [0.2, 0.25) is 0 Å². The van der Waals surface area contributed by atoms with E-state index in [2.05, 4.69) is 59.8 Å². The van der Waals surface area contributed by atoms with Crippen molar-refractivity contribution in [3.8, 4) is 0 Å². The predicted octanol–water partition coefficient (Wildman–Crippen LogP) is 4.08. The second kappa shape index (κ2) is 5.88. The van der Waals surface area contributed by atoms with Gasteiger partial charge in [0.05, 0.1) is 10.7 Å². The highest BCUT2D eigenvalue weighted by atomic mass is 35.5. The molecule has 0 spiro atoms. The van der Waals surface area contributed by atoms with Crippen LogP contribution < -0.4 is 5.32 Å². The van der Waals surface area contributed by atoms with Gasteiger partial charge in [-0.1, -0.05) is 54.1 Å². The van der Waals surface area contributed by atoms with E-state index in [-0.39, 0.29) is 6.04 Å². The Morgan fingerprint density at radius 2 is 1.95 bits per heavy atom. The van der Waals surface area contributed by atoms with Crippen LogP contribution in [0.5, 0.6) is 0 Å². The average molecular weight is 300 g/mol. The van der Waals surface area contributed by atoms with Crippen molar-refractivity contribution in [2.75, 3.05) is 0 Å². The summed E-state index contributed by atoms with van der Waals surface area (Å²) in [6.45, 7) is 2.82. The summed E-state index contributed by atoms with van der Waals surface area (Å²) in [4.78, 5) is 0. The zero-order valence-electron chi connectivity index (χ0n) is 12.2. The number of nitrogens with zero attached hydrogens (tertiary/aromatic N) is 2. The number of benzene rings is 2. The summed E-state index contributed by atoms with van der Waals surface area (Å²) in [5.41, 5.74) is 2.17.